The van der Waals surface area contributed by atoms with Crippen LogP contribution in [0.5, 0.6) is 0 Å². The summed E-state index contributed by atoms with van der Waals surface area (Å²) in [5.41, 5.74) is 0. The molecule has 0 aromatic rings. The van der Waals surface area contributed by atoms with Crippen molar-refractivity contribution in [3.8, 4) is 0 Å². The van der Waals surface area contributed by atoms with Crippen LogP contribution in [0.2, 0.25) is 0 Å². The minimum Gasteiger partial charge on any atom is -0.339 e. The summed E-state index contributed by atoms with van der Waals surface area (Å²) in [4.78, 5) is 12.7. The fourth-order valence-corrected chi connectivity index (χ4v) is 1.71. The van der Waals surface area contributed by atoms with Crippen LogP contribution in [0.15, 0.2) is 0 Å². The molecule has 1 amide bonds. The van der Waals surface area contributed by atoms with Crippen LogP contribution in [0.1, 0.15) is 0 Å². The van der Waals surface area contributed by atoms with Crippen molar-refractivity contribution in [3.05, 3.63) is 0 Å². The van der Waals surface area contributed by atoms with Gasteiger partial charge in [0.2, 0.25) is 5.91 Å². The van der Waals surface area contributed by atoms with Crippen molar-refractivity contribution in [2.45, 2.75) is 0 Å². The van der Waals surface area contributed by atoms with Gasteiger partial charge in [-0.25, -0.2) is 0 Å². The number of rotatable bonds is 4. The summed E-state index contributed by atoms with van der Waals surface area (Å²) in [6, 6.07) is 0. The maximum atomic E-state index is 11.4. The Balaban J connectivity index is 2.46. The van der Waals surface area contributed by atoms with Gasteiger partial charge in [-0.3, -0.25) is 9.36 Å². The van der Waals surface area contributed by atoms with Crippen LogP contribution in [0.4, 0.5) is 0 Å². The Labute approximate surface area is 71.2 Å². The van der Waals surface area contributed by atoms with Gasteiger partial charge in [0, 0.05) is 27.3 Å². The SMILES string of the molecule is COP(=O)(CC(=O)N1CC1)OC. The molecule has 1 rings (SSSR count). The molecule has 1 saturated heterocycles. The monoisotopic (exact) mass is 193 g/mol. The fraction of sp³-hybridized carbons (Fsp3) is 0.833. The molecule has 6 heteroatoms. The molecule has 0 spiro atoms. The largest absolute Gasteiger partial charge is 0.339 e. The zero-order chi connectivity index (χ0) is 9.19. The van der Waals surface area contributed by atoms with Crippen LogP contribution in [-0.4, -0.2) is 44.3 Å². The van der Waals surface area contributed by atoms with E-state index in [-0.39, 0.29) is 12.1 Å². The highest BCUT2D eigenvalue weighted by atomic mass is 31.2. The summed E-state index contributed by atoms with van der Waals surface area (Å²) in [5, 5.41) is 0. The van der Waals surface area contributed by atoms with Crippen LogP contribution < -0.4 is 0 Å². The van der Waals surface area contributed by atoms with Gasteiger partial charge in [0.1, 0.15) is 6.16 Å². The van der Waals surface area contributed by atoms with Gasteiger partial charge in [-0.05, 0) is 0 Å². The molecule has 0 aliphatic carbocycles. The molecule has 12 heavy (non-hydrogen) atoms. The zero-order valence-corrected chi connectivity index (χ0v) is 8.04. The second-order valence-electron chi connectivity index (χ2n) is 2.51. The third-order valence-corrected chi connectivity index (χ3v) is 3.46. The maximum Gasteiger partial charge on any atom is 0.339 e. The highest BCUT2D eigenvalue weighted by Crippen LogP contribution is 2.46. The number of carbonyl (C=O) groups excluding carboxylic acids is 1. The van der Waals surface area contributed by atoms with Crippen molar-refractivity contribution in [1.82, 2.24) is 4.90 Å². The Hall–Kier alpha value is -0.380. The summed E-state index contributed by atoms with van der Waals surface area (Å²) in [5.74, 6) is -0.165. The first-order valence-corrected chi connectivity index (χ1v) is 5.32. The summed E-state index contributed by atoms with van der Waals surface area (Å²) >= 11 is 0. The predicted molar refractivity (Wildman–Crippen MR) is 43.1 cm³/mol. The molecule has 0 saturated carbocycles. The van der Waals surface area contributed by atoms with Crippen molar-refractivity contribution in [2.24, 2.45) is 0 Å². The van der Waals surface area contributed by atoms with Crippen molar-refractivity contribution in [1.29, 1.82) is 0 Å². The van der Waals surface area contributed by atoms with Crippen molar-refractivity contribution in [3.63, 3.8) is 0 Å². The van der Waals surface area contributed by atoms with Gasteiger partial charge in [-0.1, -0.05) is 0 Å². The molecule has 5 nitrogen and oxygen atoms in total. The van der Waals surface area contributed by atoms with Gasteiger partial charge in [0.15, 0.2) is 0 Å². The molecular formula is C6H12NO4P. The van der Waals surface area contributed by atoms with E-state index in [1.165, 1.54) is 14.2 Å². The van der Waals surface area contributed by atoms with E-state index in [2.05, 4.69) is 9.05 Å². The summed E-state index contributed by atoms with van der Waals surface area (Å²) in [6.07, 6.45) is -0.153. The molecule has 0 N–H and O–H groups in total. The summed E-state index contributed by atoms with van der Waals surface area (Å²) in [6.45, 7) is 1.51. The van der Waals surface area contributed by atoms with Crippen LogP contribution in [0.3, 0.4) is 0 Å². The van der Waals surface area contributed by atoms with E-state index in [9.17, 15) is 9.36 Å². The minimum absolute atomic E-state index is 0.153. The van der Waals surface area contributed by atoms with Crippen molar-refractivity contribution < 1.29 is 18.4 Å². The van der Waals surface area contributed by atoms with Gasteiger partial charge in [-0.15, -0.1) is 0 Å². The Morgan fingerprint density at radius 1 is 1.42 bits per heavy atom. The maximum absolute atomic E-state index is 11.4. The van der Waals surface area contributed by atoms with Gasteiger partial charge >= 0.3 is 7.60 Å². The second-order valence-corrected chi connectivity index (χ2v) is 4.78. The average molecular weight is 193 g/mol. The smallest absolute Gasteiger partial charge is 0.339 e. The van der Waals surface area contributed by atoms with E-state index in [4.69, 9.17) is 0 Å². The van der Waals surface area contributed by atoms with Crippen LogP contribution in [-0.2, 0) is 18.4 Å². The van der Waals surface area contributed by atoms with Crippen LogP contribution in [0.25, 0.3) is 0 Å². The first-order valence-electron chi connectivity index (χ1n) is 3.59. The van der Waals surface area contributed by atoms with E-state index in [1.807, 2.05) is 0 Å². The highest BCUT2D eigenvalue weighted by Gasteiger charge is 2.32. The Kier molecular flexibility index (Phi) is 2.88. The van der Waals surface area contributed by atoms with E-state index in [1.54, 1.807) is 4.90 Å². The lowest BCUT2D eigenvalue weighted by molar-refractivity contribution is -0.123. The summed E-state index contributed by atoms with van der Waals surface area (Å²) in [7, 11) is -0.587. The molecule has 0 unspecified atom stereocenters. The number of hydrogen-bond donors (Lipinski definition) is 0. The van der Waals surface area contributed by atoms with E-state index in [0.29, 0.717) is 0 Å². The van der Waals surface area contributed by atoms with Gasteiger partial charge in [-0.2, -0.15) is 0 Å². The fourth-order valence-electron chi connectivity index (χ4n) is 0.769. The molecule has 1 fully saturated rings. The lowest BCUT2D eigenvalue weighted by atomic mass is 10.7. The number of carbonyl (C=O) groups is 1. The first kappa shape index (κ1) is 9.71. The Bertz CT molecular complexity index is 218. The quantitative estimate of drug-likeness (QED) is 0.476. The molecule has 0 atom stereocenters. The number of amides is 1. The van der Waals surface area contributed by atoms with Crippen molar-refractivity contribution in [2.75, 3.05) is 33.5 Å². The van der Waals surface area contributed by atoms with Crippen molar-refractivity contribution >= 4 is 13.5 Å². The molecule has 0 aromatic heterocycles. The number of hydrogen-bond acceptors (Lipinski definition) is 4. The third kappa shape index (κ3) is 2.30. The molecule has 1 aliphatic heterocycles. The first-order chi connectivity index (χ1) is 5.61. The van der Waals surface area contributed by atoms with E-state index < -0.39 is 7.60 Å². The second kappa shape index (κ2) is 3.56. The van der Waals surface area contributed by atoms with Gasteiger partial charge < -0.3 is 13.9 Å². The molecular weight excluding hydrogens is 181 g/mol. The molecule has 0 radical (unpaired) electrons. The van der Waals surface area contributed by atoms with Crippen LogP contribution >= 0.6 is 7.60 Å². The molecule has 1 aliphatic rings. The standard InChI is InChI=1S/C6H12NO4P/c1-10-12(9,11-2)5-6(8)7-3-4-7/h3-5H2,1-2H3. The molecule has 0 aromatic carbocycles. The highest BCUT2D eigenvalue weighted by molar-refractivity contribution is 7.54. The van der Waals surface area contributed by atoms with Crippen LogP contribution in [0, 0.1) is 0 Å². The minimum atomic E-state index is -3.14. The zero-order valence-electron chi connectivity index (χ0n) is 7.15. The van der Waals surface area contributed by atoms with E-state index >= 15 is 0 Å². The Morgan fingerprint density at radius 2 is 1.92 bits per heavy atom. The lowest BCUT2D eigenvalue weighted by Crippen LogP contribution is -2.16. The topological polar surface area (TPSA) is 55.6 Å². The number of nitrogens with zero attached hydrogens (tertiary/aromatic N) is 1. The molecule has 70 valence electrons. The summed E-state index contributed by atoms with van der Waals surface area (Å²) < 4.78 is 20.6. The lowest BCUT2D eigenvalue weighted by Gasteiger charge is -2.12. The average Bonchev–Trinajstić information content (AvgIpc) is 2.86. The van der Waals surface area contributed by atoms with E-state index in [0.717, 1.165) is 13.1 Å². The molecule has 1 heterocycles. The van der Waals surface area contributed by atoms with Gasteiger partial charge in [0.05, 0.1) is 0 Å². The normalized spacial score (nSPS) is 16.3. The van der Waals surface area contributed by atoms with Gasteiger partial charge in [0.25, 0.3) is 0 Å². The predicted octanol–water partition coefficient (Wildman–Crippen LogP) is 0.315. The third-order valence-electron chi connectivity index (χ3n) is 1.69. The Morgan fingerprint density at radius 3 is 2.25 bits per heavy atom. The molecule has 0 bridgehead atoms.